The molecule has 1 unspecified atom stereocenters. The fourth-order valence-corrected chi connectivity index (χ4v) is 5.63. The third-order valence-electron chi connectivity index (χ3n) is 6.58. The number of benzene rings is 1. The van der Waals surface area contributed by atoms with E-state index in [1.807, 2.05) is 13.0 Å². The van der Waals surface area contributed by atoms with Crippen LogP contribution in [0.25, 0.3) is 0 Å². The lowest BCUT2D eigenvalue weighted by atomic mass is 9.45. The SMILES string of the molecule is CCN.NC(=O)c1ccc2c(c1O)[C@]13CCC[C@H](C2)[C@]1(O)CCC(O)C3. The molecule has 144 valence electrons. The minimum Gasteiger partial charge on any atom is -0.507 e. The van der Waals surface area contributed by atoms with Crippen LogP contribution in [0.3, 0.4) is 0 Å². The molecule has 4 atom stereocenters. The monoisotopic (exact) mass is 362 g/mol. The predicted octanol–water partition coefficient (Wildman–Crippen LogP) is 1.33. The van der Waals surface area contributed by atoms with Crippen molar-refractivity contribution in [2.45, 2.75) is 69.0 Å². The summed E-state index contributed by atoms with van der Waals surface area (Å²) in [5.41, 5.74) is 10.4. The van der Waals surface area contributed by atoms with Crippen LogP contribution in [0.2, 0.25) is 0 Å². The fraction of sp³-hybridized carbons (Fsp3) is 0.650. The predicted molar refractivity (Wildman–Crippen MR) is 98.9 cm³/mol. The molecule has 0 heterocycles. The average molecular weight is 362 g/mol. The van der Waals surface area contributed by atoms with Crippen LogP contribution >= 0.6 is 0 Å². The van der Waals surface area contributed by atoms with Crippen molar-refractivity contribution in [1.82, 2.24) is 0 Å². The molecular weight excluding hydrogens is 332 g/mol. The molecule has 1 amide bonds. The van der Waals surface area contributed by atoms with Crippen LogP contribution in [0, 0.1) is 5.92 Å². The van der Waals surface area contributed by atoms with Gasteiger partial charge in [0.1, 0.15) is 5.75 Å². The normalized spacial score (nSPS) is 34.8. The zero-order valence-electron chi connectivity index (χ0n) is 15.4. The van der Waals surface area contributed by atoms with Crippen molar-refractivity contribution in [3.63, 3.8) is 0 Å². The first kappa shape index (κ1) is 19.1. The van der Waals surface area contributed by atoms with Gasteiger partial charge in [-0.3, -0.25) is 4.79 Å². The summed E-state index contributed by atoms with van der Waals surface area (Å²) in [4.78, 5) is 11.6. The summed E-state index contributed by atoms with van der Waals surface area (Å²) in [6.45, 7) is 2.65. The van der Waals surface area contributed by atoms with Gasteiger partial charge in [0.05, 0.1) is 17.3 Å². The van der Waals surface area contributed by atoms with Crippen molar-refractivity contribution in [1.29, 1.82) is 0 Å². The Morgan fingerprint density at radius 2 is 2.00 bits per heavy atom. The second kappa shape index (κ2) is 6.83. The number of carbonyl (C=O) groups excluding carboxylic acids is 1. The summed E-state index contributed by atoms with van der Waals surface area (Å²) in [6, 6.07) is 3.43. The van der Waals surface area contributed by atoms with Gasteiger partial charge in [0.25, 0.3) is 5.91 Å². The molecular formula is C20H30N2O4. The Labute approximate surface area is 154 Å². The number of phenols is 1. The van der Waals surface area contributed by atoms with Crippen molar-refractivity contribution in [2.24, 2.45) is 17.4 Å². The number of carbonyl (C=O) groups is 1. The van der Waals surface area contributed by atoms with Crippen LogP contribution < -0.4 is 11.5 Å². The fourth-order valence-electron chi connectivity index (χ4n) is 5.63. The highest BCUT2D eigenvalue weighted by Crippen LogP contribution is 2.62. The van der Waals surface area contributed by atoms with E-state index >= 15 is 0 Å². The van der Waals surface area contributed by atoms with E-state index in [1.54, 1.807) is 6.07 Å². The van der Waals surface area contributed by atoms with Crippen LogP contribution in [-0.4, -0.2) is 39.5 Å². The number of primary amides is 1. The molecule has 6 heteroatoms. The lowest BCUT2D eigenvalue weighted by molar-refractivity contribution is -0.165. The van der Waals surface area contributed by atoms with Gasteiger partial charge in [0.15, 0.2) is 0 Å². The first-order chi connectivity index (χ1) is 12.3. The van der Waals surface area contributed by atoms with Gasteiger partial charge in [0.2, 0.25) is 0 Å². The molecule has 6 nitrogen and oxygen atoms in total. The maximum absolute atomic E-state index is 11.6. The van der Waals surface area contributed by atoms with Crippen LogP contribution in [0.15, 0.2) is 12.1 Å². The smallest absolute Gasteiger partial charge is 0.252 e. The van der Waals surface area contributed by atoms with E-state index in [0.29, 0.717) is 31.2 Å². The van der Waals surface area contributed by atoms with E-state index in [0.717, 1.165) is 31.4 Å². The molecule has 0 radical (unpaired) electrons. The number of rotatable bonds is 1. The number of hydrogen-bond acceptors (Lipinski definition) is 5. The van der Waals surface area contributed by atoms with Crippen molar-refractivity contribution in [3.05, 3.63) is 28.8 Å². The van der Waals surface area contributed by atoms with Crippen LogP contribution in [-0.2, 0) is 11.8 Å². The van der Waals surface area contributed by atoms with Crippen molar-refractivity contribution in [3.8, 4) is 5.75 Å². The molecule has 2 bridgehead atoms. The summed E-state index contributed by atoms with van der Waals surface area (Å²) in [5, 5.41) is 32.6. The molecule has 1 aromatic rings. The highest BCUT2D eigenvalue weighted by Gasteiger charge is 2.63. The molecule has 1 aromatic carbocycles. The molecule has 26 heavy (non-hydrogen) atoms. The van der Waals surface area contributed by atoms with Gasteiger partial charge in [0, 0.05) is 11.0 Å². The molecule has 0 aliphatic heterocycles. The van der Waals surface area contributed by atoms with Gasteiger partial charge in [-0.25, -0.2) is 0 Å². The molecule has 3 aliphatic carbocycles. The van der Waals surface area contributed by atoms with E-state index in [4.69, 9.17) is 11.5 Å². The largest absolute Gasteiger partial charge is 0.507 e. The van der Waals surface area contributed by atoms with Crippen molar-refractivity contribution in [2.75, 3.05) is 6.54 Å². The summed E-state index contributed by atoms with van der Waals surface area (Å²) in [5.74, 6) is -0.613. The second-order valence-electron chi connectivity index (χ2n) is 7.96. The third-order valence-corrected chi connectivity index (χ3v) is 6.58. The lowest BCUT2D eigenvalue weighted by Gasteiger charge is -2.61. The number of nitrogens with two attached hydrogens (primary N) is 2. The van der Waals surface area contributed by atoms with E-state index in [1.165, 1.54) is 0 Å². The molecule has 4 rings (SSSR count). The first-order valence-electron chi connectivity index (χ1n) is 9.56. The average Bonchev–Trinajstić information content (AvgIpc) is 2.55. The number of aliphatic hydroxyl groups is 2. The maximum Gasteiger partial charge on any atom is 0.252 e. The van der Waals surface area contributed by atoms with Crippen molar-refractivity contribution < 1.29 is 20.1 Å². The number of hydrogen-bond donors (Lipinski definition) is 5. The molecule has 0 aromatic heterocycles. The Kier molecular flexibility index (Phi) is 5.03. The Hall–Kier alpha value is -1.63. The molecule has 0 saturated heterocycles. The quantitative estimate of drug-likeness (QED) is 0.514. The summed E-state index contributed by atoms with van der Waals surface area (Å²) < 4.78 is 0. The Balaban J connectivity index is 0.000000613. The Morgan fingerprint density at radius 1 is 1.31 bits per heavy atom. The molecule has 2 fully saturated rings. The highest BCUT2D eigenvalue weighted by molar-refractivity contribution is 5.96. The van der Waals surface area contributed by atoms with Gasteiger partial charge < -0.3 is 26.8 Å². The molecule has 0 spiro atoms. The topological polar surface area (TPSA) is 130 Å². The number of amides is 1. The minimum absolute atomic E-state index is 0.0946. The summed E-state index contributed by atoms with van der Waals surface area (Å²) >= 11 is 0. The number of fused-ring (bicyclic) bond motifs is 1. The second-order valence-corrected chi connectivity index (χ2v) is 7.96. The van der Waals surface area contributed by atoms with Crippen molar-refractivity contribution >= 4 is 5.91 Å². The van der Waals surface area contributed by atoms with Gasteiger partial charge in [-0.1, -0.05) is 19.4 Å². The van der Waals surface area contributed by atoms with Gasteiger partial charge >= 0.3 is 0 Å². The zero-order chi connectivity index (χ0) is 19.1. The maximum atomic E-state index is 11.6. The standard InChI is InChI=1S/C18H23NO4.C2H7N/c19-16(22)13-4-3-10-8-11-2-1-6-17(14(10)15(13)21)9-12(20)5-7-18(11,17)23;1-2-3/h3-4,11-12,20-21,23H,1-2,5-9H2,(H2,19,22);2-3H2,1H3/t11-,12?,17-,18-;/m1./s1. The molecule has 7 N–H and O–H groups in total. The Bertz CT molecular complexity index is 707. The molecule has 2 saturated carbocycles. The number of aromatic hydroxyl groups is 1. The van der Waals surface area contributed by atoms with E-state index in [2.05, 4.69) is 0 Å². The third kappa shape index (κ3) is 2.63. The van der Waals surface area contributed by atoms with Gasteiger partial charge in [-0.05, 0) is 62.6 Å². The lowest BCUT2D eigenvalue weighted by Crippen LogP contribution is -2.65. The Morgan fingerprint density at radius 3 is 2.65 bits per heavy atom. The van der Waals surface area contributed by atoms with E-state index in [9.17, 15) is 20.1 Å². The van der Waals surface area contributed by atoms with Crippen LogP contribution in [0.1, 0.15) is 66.9 Å². The summed E-state index contributed by atoms with van der Waals surface area (Å²) in [6.07, 6.45) is 4.42. The van der Waals surface area contributed by atoms with Gasteiger partial charge in [-0.15, -0.1) is 0 Å². The minimum atomic E-state index is -0.911. The van der Waals surface area contributed by atoms with Crippen LogP contribution in [0.4, 0.5) is 0 Å². The summed E-state index contributed by atoms with van der Waals surface area (Å²) in [7, 11) is 0. The molecule has 3 aliphatic rings. The van der Waals surface area contributed by atoms with E-state index < -0.39 is 23.0 Å². The first-order valence-corrected chi connectivity index (χ1v) is 9.56. The van der Waals surface area contributed by atoms with E-state index in [-0.39, 0.29) is 17.2 Å². The van der Waals surface area contributed by atoms with Gasteiger partial charge in [-0.2, -0.15) is 0 Å². The number of aliphatic hydroxyl groups excluding tert-OH is 1. The highest BCUT2D eigenvalue weighted by atomic mass is 16.3. The zero-order valence-corrected chi connectivity index (χ0v) is 15.4. The van der Waals surface area contributed by atoms with Crippen LogP contribution in [0.5, 0.6) is 5.75 Å².